The van der Waals surface area contributed by atoms with E-state index in [9.17, 15) is 4.79 Å². The molecular weight excluding hydrogens is 300 g/mol. The Labute approximate surface area is 145 Å². The highest BCUT2D eigenvalue weighted by Crippen LogP contribution is 2.20. The lowest BCUT2D eigenvalue weighted by Crippen LogP contribution is -2.44. The zero-order valence-electron chi connectivity index (χ0n) is 15.0. The van der Waals surface area contributed by atoms with Gasteiger partial charge in [0.05, 0.1) is 6.54 Å². The first-order chi connectivity index (χ1) is 11.6. The average Bonchev–Trinajstić information content (AvgIpc) is 2.61. The smallest absolute Gasteiger partial charge is 0.241 e. The Morgan fingerprint density at radius 3 is 2.50 bits per heavy atom. The second-order valence-corrected chi connectivity index (χ2v) is 7.28. The summed E-state index contributed by atoms with van der Waals surface area (Å²) < 4.78 is 0. The van der Waals surface area contributed by atoms with Crippen molar-refractivity contribution in [3.05, 3.63) is 24.3 Å². The monoisotopic (exact) mass is 330 g/mol. The van der Waals surface area contributed by atoms with Crippen LogP contribution in [0.5, 0.6) is 0 Å². The molecule has 2 aliphatic rings. The van der Waals surface area contributed by atoms with E-state index in [0.717, 1.165) is 51.4 Å². The molecule has 0 aliphatic carbocycles. The van der Waals surface area contributed by atoms with Crippen LogP contribution in [-0.4, -0.2) is 68.6 Å². The van der Waals surface area contributed by atoms with Gasteiger partial charge in [-0.25, -0.2) is 0 Å². The molecule has 5 heteroatoms. The number of likely N-dealkylation sites (tertiary alicyclic amines) is 1. The highest BCUT2D eigenvalue weighted by atomic mass is 16.2. The molecule has 1 aromatic carbocycles. The summed E-state index contributed by atoms with van der Waals surface area (Å²) in [5, 5.41) is 3.28. The Morgan fingerprint density at radius 1 is 1.12 bits per heavy atom. The molecule has 1 aromatic rings. The fourth-order valence-corrected chi connectivity index (χ4v) is 3.56. The molecule has 0 radical (unpaired) electrons. The molecule has 0 aromatic heterocycles. The van der Waals surface area contributed by atoms with Crippen LogP contribution in [0.3, 0.4) is 0 Å². The first-order valence-corrected chi connectivity index (χ1v) is 9.17. The Kier molecular flexibility index (Phi) is 5.61. The van der Waals surface area contributed by atoms with Gasteiger partial charge < -0.3 is 20.0 Å². The molecule has 24 heavy (non-hydrogen) atoms. The largest absolute Gasteiger partial charge is 0.376 e. The number of likely N-dealkylation sites (N-methyl/N-ethyl adjacent to an activating group) is 1. The lowest BCUT2D eigenvalue weighted by molar-refractivity contribution is -0.130. The summed E-state index contributed by atoms with van der Waals surface area (Å²) in [5.74, 6) is 0.843. The highest BCUT2D eigenvalue weighted by Gasteiger charge is 2.20. The lowest BCUT2D eigenvalue weighted by atomic mass is 10.0. The van der Waals surface area contributed by atoms with Crippen LogP contribution in [0.4, 0.5) is 11.4 Å². The van der Waals surface area contributed by atoms with Gasteiger partial charge in [0, 0.05) is 50.6 Å². The summed E-state index contributed by atoms with van der Waals surface area (Å²) >= 11 is 0. The molecule has 2 fully saturated rings. The van der Waals surface area contributed by atoms with Crippen LogP contribution in [0.1, 0.15) is 19.8 Å². The number of hydrogen-bond acceptors (Lipinski definition) is 4. The molecule has 132 valence electrons. The maximum absolute atomic E-state index is 12.3. The van der Waals surface area contributed by atoms with Gasteiger partial charge in [-0.3, -0.25) is 4.79 Å². The van der Waals surface area contributed by atoms with Gasteiger partial charge >= 0.3 is 0 Å². The number of anilines is 2. The molecule has 2 aliphatic heterocycles. The molecule has 0 bridgehead atoms. The van der Waals surface area contributed by atoms with Crippen molar-refractivity contribution in [1.82, 2.24) is 9.80 Å². The minimum atomic E-state index is 0.213. The van der Waals surface area contributed by atoms with Crippen molar-refractivity contribution < 1.29 is 4.79 Å². The molecular formula is C19H30N4O. The average molecular weight is 330 g/mol. The van der Waals surface area contributed by atoms with Crippen LogP contribution in [0, 0.1) is 5.92 Å². The quantitative estimate of drug-likeness (QED) is 0.918. The predicted octanol–water partition coefficient (Wildman–Crippen LogP) is 2.11. The first kappa shape index (κ1) is 17.1. The molecule has 1 amide bonds. The predicted molar refractivity (Wildman–Crippen MR) is 99.6 cm³/mol. The fraction of sp³-hybridized carbons (Fsp3) is 0.632. The van der Waals surface area contributed by atoms with Crippen LogP contribution in [-0.2, 0) is 4.79 Å². The number of piperidine rings is 1. The molecule has 1 unspecified atom stereocenters. The van der Waals surface area contributed by atoms with Crippen molar-refractivity contribution in [1.29, 1.82) is 0 Å². The van der Waals surface area contributed by atoms with E-state index in [4.69, 9.17) is 0 Å². The standard InChI is InChI=1S/C19H30N4O/c1-16-4-3-9-23(15-16)19(24)14-20-17-5-7-18(8-6-17)22-12-10-21(2)11-13-22/h5-8,16,20H,3-4,9-15H2,1-2H3. The van der Waals surface area contributed by atoms with E-state index < -0.39 is 0 Å². The molecule has 3 rings (SSSR count). The van der Waals surface area contributed by atoms with E-state index >= 15 is 0 Å². The van der Waals surface area contributed by atoms with Gasteiger partial charge in [0.1, 0.15) is 0 Å². The zero-order chi connectivity index (χ0) is 16.9. The third-order valence-electron chi connectivity index (χ3n) is 5.19. The second-order valence-electron chi connectivity index (χ2n) is 7.28. The van der Waals surface area contributed by atoms with E-state index in [1.165, 1.54) is 12.1 Å². The Morgan fingerprint density at radius 2 is 1.83 bits per heavy atom. The number of carbonyl (C=O) groups excluding carboxylic acids is 1. The van der Waals surface area contributed by atoms with E-state index in [0.29, 0.717) is 12.5 Å². The van der Waals surface area contributed by atoms with Gasteiger partial charge in [0.2, 0.25) is 5.91 Å². The number of nitrogens with one attached hydrogen (secondary N) is 1. The van der Waals surface area contributed by atoms with Gasteiger partial charge in [-0.05, 0) is 50.1 Å². The number of benzene rings is 1. The van der Waals surface area contributed by atoms with E-state index in [1.54, 1.807) is 0 Å². The number of nitrogens with zero attached hydrogens (tertiary/aromatic N) is 3. The van der Waals surface area contributed by atoms with Crippen molar-refractivity contribution in [2.45, 2.75) is 19.8 Å². The lowest BCUT2D eigenvalue weighted by Gasteiger charge is -2.34. The van der Waals surface area contributed by atoms with Crippen LogP contribution in [0.2, 0.25) is 0 Å². The molecule has 2 saturated heterocycles. The SMILES string of the molecule is CC1CCCN(C(=O)CNc2ccc(N3CCN(C)CC3)cc2)C1. The van der Waals surface area contributed by atoms with Gasteiger partial charge in [-0.1, -0.05) is 6.92 Å². The normalized spacial score (nSPS) is 22.5. The Hall–Kier alpha value is -1.75. The minimum absolute atomic E-state index is 0.213. The highest BCUT2D eigenvalue weighted by molar-refractivity contribution is 5.81. The molecule has 0 spiro atoms. The number of rotatable bonds is 4. The van der Waals surface area contributed by atoms with Gasteiger partial charge in [0.15, 0.2) is 0 Å². The van der Waals surface area contributed by atoms with E-state index in [-0.39, 0.29) is 5.91 Å². The minimum Gasteiger partial charge on any atom is -0.376 e. The fourth-order valence-electron chi connectivity index (χ4n) is 3.56. The second kappa shape index (κ2) is 7.88. The van der Waals surface area contributed by atoms with E-state index in [1.807, 2.05) is 4.90 Å². The van der Waals surface area contributed by atoms with Crippen molar-refractivity contribution in [3.8, 4) is 0 Å². The summed E-state index contributed by atoms with van der Waals surface area (Å²) in [6.07, 6.45) is 2.37. The summed E-state index contributed by atoms with van der Waals surface area (Å²) in [6.45, 7) is 8.82. The zero-order valence-corrected chi connectivity index (χ0v) is 15.0. The number of amides is 1. The Balaban J connectivity index is 1.48. The summed E-state index contributed by atoms with van der Waals surface area (Å²) in [4.78, 5) is 19.1. The first-order valence-electron chi connectivity index (χ1n) is 9.17. The Bertz CT molecular complexity index is 537. The van der Waals surface area contributed by atoms with Crippen LogP contribution in [0.25, 0.3) is 0 Å². The maximum Gasteiger partial charge on any atom is 0.241 e. The summed E-state index contributed by atoms with van der Waals surface area (Å²) in [6, 6.07) is 8.47. The molecule has 2 heterocycles. The van der Waals surface area contributed by atoms with Crippen LogP contribution in [0.15, 0.2) is 24.3 Å². The maximum atomic E-state index is 12.3. The number of carbonyl (C=O) groups is 1. The van der Waals surface area contributed by atoms with Crippen molar-refractivity contribution >= 4 is 17.3 Å². The van der Waals surface area contributed by atoms with Crippen molar-refractivity contribution in [2.75, 3.05) is 63.1 Å². The molecule has 0 saturated carbocycles. The van der Waals surface area contributed by atoms with Gasteiger partial charge in [-0.15, -0.1) is 0 Å². The number of piperazine rings is 1. The van der Waals surface area contributed by atoms with Crippen LogP contribution < -0.4 is 10.2 Å². The van der Waals surface area contributed by atoms with Crippen molar-refractivity contribution in [3.63, 3.8) is 0 Å². The third-order valence-corrected chi connectivity index (χ3v) is 5.19. The van der Waals surface area contributed by atoms with Gasteiger partial charge in [0.25, 0.3) is 0 Å². The summed E-state index contributed by atoms with van der Waals surface area (Å²) in [7, 11) is 2.17. The van der Waals surface area contributed by atoms with E-state index in [2.05, 4.69) is 53.4 Å². The topological polar surface area (TPSA) is 38.8 Å². The van der Waals surface area contributed by atoms with Crippen LogP contribution >= 0.6 is 0 Å². The molecule has 1 N–H and O–H groups in total. The van der Waals surface area contributed by atoms with Gasteiger partial charge in [-0.2, -0.15) is 0 Å². The molecule has 1 atom stereocenters. The number of hydrogen-bond donors (Lipinski definition) is 1. The van der Waals surface area contributed by atoms with Crippen molar-refractivity contribution in [2.24, 2.45) is 5.92 Å². The summed E-state index contributed by atoms with van der Waals surface area (Å²) in [5.41, 5.74) is 2.29. The third kappa shape index (κ3) is 4.41. The molecule has 5 nitrogen and oxygen atoms in total.